The van der Waals surface area contributed by atoms with E-state index in [-0.39, 0.29) is 53.4 Å². The highest BCUT2D eigenvalue weighted by molar-refractivity contribution is 6.34. The summed E-state index contributed by atoms with van der Waals surface area (Å²) in [6.45, 7) is 6.88. The number of aryl methyl sites for hydroxylation is 2. The van der Waals surface area contributed by atoms with Gasteiger partial charge in [-0.25, -0.2) is 8.78 Å². The van der Waals surface area contributed by atoms with Crippen LogP contribution in [0, 0.1) is 18.6 Å². The van der Waals surface area contributed by atoms with E-state index in [9.17, 15) is 19.2 Å². The SMILES string of the molecule is Cc1[nH]nc2cccc(CCN3CCN(c4cc(Cl)c(-c5cc(C6=CCCN(C(=O)CCn7cccn7)C6)c(F)c6[nH]c(C(=O)N(C)C)cc56)cc4F)CC3)c12.O=C1CCCC(=O)N1. The van der Waals surface area contributed by atoms with E-state index in [2.05, 4.69) is 36.6 Å². The van der Waals surface area contributed by atoms with Gasteiger partial charge < -0.3 is 19.7 Å². The number of nitrogens with one attached hydrogen (secondary N) is 3. The monoisotopic (exact) mass is 892 g/mol. The third-order valence-corrected chi connectivity index (χ3v) is 12.4. The molecule has 0 saturated carbocycles. The Hall–Kier alpha value is -6.39. The molecule has 14 nitrogen and oxygen atoms in total. The maximum absolute atomic E-state index is 16.6. The number of piperazine rings is 1. The maximum Gasteiger partial charge on any atom is 0.269 e. The summed E-state index contributed by atoms with van der Waals surface area (Å²) in [4.78, 5) is 57.5. The molecule has 3 aliphatic heterocycles. The van der Waals surface area contributed by atoms with Crippen LogP contribution >= 0.6 is 11.6 Å². The molecule has 6 aromatic rings. The largest absolute Gasteiger partial charge is 0.367 e. The van der Waals surface area contributed by atoms with Crippen LogP contribution in [0.4, 0.5) is 14.5 Å². The second-order valence-electron chi connectivity index (χ2n) is 16.7. The highest BCUT2D eigenvalue weighted by Gasteiger charge is 2.27. The minimum atomic E-state index is -0.554. The van der Waals surface area contributed by atoms with Gasteiger partial charge in [0.05, 0.1) is 21.7 Å². The van der Waals surface area contributed by atoms with Crippen molar-refractivity contribution in [1.29, 1.82) is 0 Å². The number of H-pyrrole nitrogens is 2. The van der Waals surface area contributed by atoms with E-state index in [1.165, 1.54) is 21.9 Å². The minimum absolute atomic E-state index is 0.0601. The third-order valence-electron chi connectivity index (χ3n) is 12.1. The molecule has 64 heavy (non-hydrogen) atoms. The molecule has 6 heterocycles. The van der Waals surface area contributed by atoms with Gasteiger partial charge in [-0.1, -0.05) is 29.8 Å². The molecule has 3 aromatic carbocycles. The standard InChI is InChI=1S/C42H44ClF2N9O2.C5H7NO2/c1-26-39-27(7-4-9-35(39)49-48-26)10-15-51-17-19-52(20-18-51)37-24-33(43)31(22-34(37)44)30-21-29(40(45)41-32(30)23-36(47-41)42(56)50(2)3)28-8-5-13-53(25-28)38(55)11-16-54-14-6-12-46-54;7-4-2-1-3-5(8)6-4/h4,6-9,12,14,21-24,47H,5,10-11,13,15-20,25H2,1-3H3,(H,48,49);1-3H2,(H,6,7,8). The van der Waals surface area contributed by atoms with Gasteiger partial charge in [0.2, 0.25) is 17.7 Å². The van der Waals surface area contributed by atoms with Crippen LogP contribution in [0.5, 0.6) is 0 Å². The van der Waals surface area contributed by atoms with Crippen molar-refractivity contribution in [2.75, 3.05) is 64.8 Å². The van der Waals surface area contributed by atoms with Crippen LogP contribution < -0.4 is 10.2 Å². The Balaban J connectivity index is 0.000000633. The lowest BCUT2D eigenvalue weighted by Crippen LogP contribution is -2.47. The van der Waals surface area contributed by atoms with Gasteiger partial charge in [-0.2, -0.15) is 10.2 Å². The van der Waals surface area contributed by atoms with Crippen molar-refractivity contribution in [3.63, 3.8) is 0 Å². The third kappa shape index (κ3) is 9.57. The zero-order valence-electron chi connectivity index (χ0n) is 36.1. The Morgan fingerprint density at radius 1 is 0.922 bits per heavy atom. The van der Waals surface area contributed by atoms with Crippen LogP contribution in [-0.4, -0.2) is 123 Å². The quantitative estimate of drug-likeness (QED) is 0.128. The van der Waals surface area contributed by atoms with Gasteiger partial charge in [-0.15, -0.1) is 0 Å². The van der Waals surface area contributed by atoms with E-state index in [1.807, 2.05) is 30.0 Å². The summed E-state index contributed by atoms with van der Waals surface area (Å²) in [5, 5.41) is 15.8. The summed E-state index contributed by atoms with van der Waals surface area (Å²) >= 11 is 7.03. The number of fused-ring (bicyclic) bond motifs is 2. The van der Waals surface area contributed by atoms with Crippen LogP contribution in [0.15, 0.2) is 67.0 Å². The van der Waals surface area contributed by atoms with Crippen LogP contribution in [0.1, 0.15) is 59.4 Å². The lowest BCUT2D eigenvalue weighted by molar-refractivity contribution is -0.133. The van der Waals surface area contributed by atoms with Crippen molar-refractivity contribution in [2.45, 2.75) is 52.0 Å². The first-order valence-corrected chi connectivity index (χ1v) is 22.0. The number of hydrogen-bond acceptors (Lipinski definition) is 8. The van der Waals surface area contributed by atoms with Gasteiger partial charge in [-0.3, -0.25) is 39.2 Å². The Morgan fingerprint density at radius 2 is 1.70 bits per heavy atom. The first-order valence-electron chi connectivity index (χ1n) is 21.6. The first-order chi connectivity index (χ1) is 30.8. The number of halogens is 3. The van der Waals surface area contributed by atoms with Gasteiger partial charge in [0.15, 0.2) is 5.82 Å². The van der Waals surface area contributed by atoms with Crippen molar-refractivity contribution < 1.29 is 28.0 Å². The van der Waals surface area contributed by atoms with Crippen molar-refractivity contribution in [1.82, 2.24) is 45.0 Å². The van der Waals surface area contributed by atoms with Crippen LogP contribution in [0.3, 0.4) is 0 Å². The van der Waals surface area contributed by atoms with Gasteiger partial charge >= 0.3 is 0 Å². The molecule has 0 unspecified atom stereocenters. The molecule has 3 aliphatic rings. The van der Waals surface area contributed by atoms with E-state index in [0.29, 0.717) is 84.7 Å². The number of imide groups is 1. The predicted molar refractivity (Wildman–Crippen MR) is 243 cm³/mol. The average Bonchev–Trinajstić information content (AvgIpc) is 4.07. The first kappa shape index (κ1) is 44.2. The fraction of sp³-hybridized carbons (Fsp3) is 0.362. The fourth-order valence-electron chi connectivity index (χ4n) is 8.71. The van der Waals surface area contributed by atoms with E-state index >= 15 is 8.78 Å². The molecular weight excluding hydrogens is 842 g/mol. The number of hydrogen-bond donors (Lipinski definition) is 3. The molecule has 2 saturated heterocycles. The molecule has 0 atom stereocenters. The molecule has 0 bridgehead atoms. The van der Waals surface area contributed by atoms with Gasteiger partial charge in [-0.05, 0) is 79.3 Å². The zero-order valence-corrected chi connectivity index (χ0v) is 36.9. The molecule has 3 aromatic heterocycles. The van der Waals surface area contributed by atoms with Gasteiger partial charge in [0.1, 0.15) is 11.5 Å². The highest BCUT2D eigenvalue weighted by atomic mass is 35.5. The molecule has 9 rings (SSSR count). The van der Waals surface area contributed by atoms with Crippen molar-refractivity contribution in [3.8, 4) is 11.1 Å². The van der Waals surface area contributed by atoms with E-state index in [1.54, 1.807) is 60.3 Å². The second-order valence-corrected chi connectivity index (χ2v) is 17.1. The summed E-state index contributed by atoms with van der Waals surface area (Å²) in [5.41, 5.74) is 5.77. The summed E-state index contributed by atoms with van der Waals surface area (Å²) in [6.07, 6.45) is 8.82. The van der Waals surface area contributed by atoms with E-state index in [4.69, 9.17) is 11.6 Å². The van der Waals surface area contributed by atoms with Crippen LogP contribution in [0.25, 0.3) is 38.5 Å². The van der Waals surface area contributed by atoms with Crippen molar-refractivity contribution in [2.24, 2.45) is 0 Å². The Bertz CT molecular complexity index is 2740. The maximum atomic E-state index is 16.6. The lowest BCUT2D eigenvalue weighted by atomic mass is 9.93. The Labute approximate surface area is 374 Å². The van der Waals surface area contributed by atoms with Crippen molar-refractivity contribution >= 4 is 68.3 Å². The number of piperidine rings is 1. The van der Waals surface area contributed by atoms with Crippen LogP contribution in [-0.2, 0) is 27.3 Å². The molecule has 0 radical (unpaired) electrons. The number of nitrogens with zero attached hydrogens (tertiary/aromatic N) is 7. The molecule has 334 valence electrons. The predicted octanol–water partition coefficient (Wildman–Crippen LogP) is 6.73. The summed E-state index contributed by atoms with van der Waals surface area (Å²) in [6, 6.07) is 14.3. The normalized spacial score (nSPS) is 15.9. The number of rotatable bonds is 10. The minimum Gasteiger partial charge on any atom is -0.367 e. The van der Waals surface area contributed by atoms with Crippen LogP contribution in [0.2, 0.25) is 5.02 Å². The zero-order chi connectivity index (χ0) is 45.1. The molecule has 0 aliphatic carbocycles. The molecule has 0 spiro atoms. The van der Waals surface area contributed by atoms with Gasteiger partial charge in [0, 0.05) is 126 Å². The summed E-state index contributed by atoms with van der Waals surface area (Å²) in [5.74, 6) is -1.66. The summed E-state index contributed by atoms with van der Waals surface area (Å²) < 4.78 is 34.6. The highest BCUT2D eigenvalue weighted by Crippen LogP contribution is 2.41. The van der Waals surface area contributed by atoms with E-state index < -0.39 is 11.6 Å². The molecular formula is C47H51ClF2N10O4. The number of amides is 4. The topological polar surface area (TPSA) is 156 Å². The lowest BCUT2D eigenvalue weighted by Gasteiger charge is -2.36. The Kier molecular flexibility index (Phi) is 13.2. The number of anilines is 1. The second kappa shape index (κ2) is 19.2. The summed E-state index contributed by atoms with van der Waals surface area (Å²) in [7, 11) is 3.24. The van der Waals surface area contributed by atoms with E-state index in [0.717, 1.165) is 37.3 Å². The fourth-order valence-corrected chi connectivity index (χ4v) is 8.97. The number of benzene rings is 3. The number of carbonyl (C=O) groups excluding carboxylic acids is 4. The molecule has 3 N–H and O–H groups in total. The molecule has 4 amide bonds. The molecule has 2 fully saturated rings. The van der Waals surface area contributed by atoms with Crippen molar-refractivity contribution in [3.05, 3.63) is 106 Å². The number of aromatic amines is 2. The Morgan fingerprint density at radius 3 is 2.41 bits per heavy atom. The smallest absolute Gasteiger partial charge is 0.269 e. The number of aromatic nitrogens is 5. The molecule has 17 heteroatoms. The van der Waals surface area contributed by atoms with Gasteiger partial charge in [0.25, 0.3) is 5.91 Å². The number of carbonyl (C=O) groups is 4. The average molecular weight is 893 g/mol.